The van der Waals surface area contributed by atoms with Crippen molar-refractivity contribution < 1.29 is 63.8 Å². The van der Waals surface area contributed by atoms with E-state index in [0.717, 1.165) is 18.2 Å². The second-order valence-electron chi connectivity index (χ2n) is 9.77. The fourth-order valence-electron chi connectivity index (χ4n) is 4.52. The highest BCUT2D eigenvalue weighted by molar-refractivity contribution is 7.94. The molecule has 0 saturated carbocycles. The topological polar surface area (TPSA) is 330 Å². The lowest BCUT2D eigenvalue weighted by atomic mass is 10.1. The van der Waals surface area contributed by atoms with Crippen molar-refractivity contribution in [3.05, 3.63) is 54.6 Å². The third-order valence-electron chi connectivity index (χ3n) is 6.46. The Morgan fingerprint density at radius 3 is 2.22 bits per heavy atom. The minimum atomic E-state index is -4.93. The van der Waals surface area contributed by atoms with Crippen LogP contribution in [0.1, 0.15) is 0 Å². The van der Waals surface area contributed by atoms with Gasteiger partial charge in [-0.05, 0) is 35.0 Å². The molecule has 4 aromatic carbocycles. The lowest BCUT2D eigenvalue weighted by Gasteiger charge is -2.15. The van der Waals surface area contributed by atoms with Crippen LogP contribution in [-0.4, -0.2) is 81.6 Å². The first-order chi connectivity index (χ1) is 23.4. The fourth-order valence-corrected chi connectivity index (χ4v) is 6.75. The summed E-state index contributed by atoms with van der Waals surface area (Å²) in [4.78, 5) is 9.59. The van der Waals surface area contributed by atoms with Gasteiger partial charge in [-0.25, -0.2) is 5.26 Å². The molecule has 21 nitrogen and oxygen atoms in total. The third-order valence-corrected chi connectivity index (χ3v) is 9.58. The fraction of sp³-hybridized carbons (Fsp3) is 0.0800. The minimum Gasteiger partial charge on any atom is -0.505 e. The average Bonchev–Trinajstić information content (AvgIpc) is 3.01. The molecule has 0 aliphatic heterocycles. The monoisotopic (exact) mass is 771 g/mol. The Hall–Kier alpha value is -4.83. The van der Waals surface area contributed by atoms with E-state index < -0.39 is 81.8 Å². The van der Waals surface area contributed by atoms with Crippen molar-refractivity contribution in [2.45, 2.75) is 14.7 Å². The van der Waals surface area contributed by atoms with Crippen LogP contribution >= 0.6 is 12.0 Å². The maximum Gasteiger partial charge on any atom is 0.320 e. The van der Waals surface area contributed by atoms with Crippen LogP contribution in [0.25, 0.3) is 21.5 Å². The van der Waals surface area contributed by atoms with Crippen molar-refractivity contribution in [1.29, 1.82) is 0 Å². The van der Waals surface area contributed by atoms with Gasteiger partial charge in [0.15, 0.2) is 5.75 Å². The van der Waals surface area contributed by atoms with E-state index in [-0.39, 0.29) is 44.5 Å². The molecule has 25 heteroatoms. The van der Waals surface area contributed by atoms with Crippen molar-refractivity contribution in [2.24, 2.45) is 10.2 Å². The third kappa shape index (κ3) is 8.48. The van der Waals surface area contributed by atoms with Gasteiger partial charge < -0.3 is 20.8 Å². The number of nitrogens with one attached hydrogen (secondary N) is 2. The molecule has 0 atom stereocenters. The molecule has 0 aliphatic carbocycles. The smallest absolute Gasteiger partial charge is 0.320 e. The summed E-state index contributed by atoms with van der Waals surface area (Å²) >= 11 is 0.239. The number of hydrogen-bond acceptors (Lipinski definition) is 19. The summed E-state index contributed by atoms with van der Waals surface area (Å²) in [7, 11) is -14.2. The van der Waals surface area contributed by atoms with E-state index in [0.29, 0.717) is 5.39 Å². The molecule has 0 bridgehead atoms. The predicted molar refractivity (Wildman–Crippen MR) is 174 cm³/mol. The molecule has 50 heavy (non-hydrogen) atoms. The van der Waals surface area contributed by atoms with E-state index >= 15 is 0 Å². The van der Waals surface area contributed by atoms with Crippen molar-refractivity contribution in [1.82, 2.24) is 15.0 Å². The lowest BCUT2D eigenvalue weighted by molar-refractivity contribution is -0.432. The van der Waals surface area contributed by atoms with Crippen LogP contribution in [0.5, 0.6) is 11.8 Å². The Kier molecular flexibility index (Phi) is 10.3. The number of rotatable bonds is 13. The molecule has 264 valence electrons. The molecule has 5 rings (SSSR count). The van der Waals surface area contributed by atoms with Gasteiger partial charge in [0.05, 0.1) is 33.3 Å². The highest BCUT2D eigenvalue weighted by Crippen LogP contribution is 2.48. The van der Waals surface area contributed by atoms with Crippen LogP contribution in [0.15, 0.2) is 79.5 Å². The van der Waals surface area contributed by atoms with Gasteiger partial charge in [-0.15, -0.1) is 14.6 Å². The molecule has 0 amide bonds. The predicted octanol–water partition coefficient (Wildman–Crippen LogP) is 3.97. The highest BCUT2D eigenvalue weighted by Gasteiger charge is 2.24. The molecular weight excluding hydrogens is 751 g/mol. The highest BCUT2D eigenvalue weighted by atomic mass is 32.2. The van der Waals surface area contributed by atoms with Crippen molar-refractivity contribution in [3.8, 4) is 11.8 Å². The Morgan fingerprint density at radius 2 is 1.54 bits per heavy atom. The van der Waals surface area contributed by atoms with Gasteiger partial charge in [0.1, 0.15) is 16.3 Å². The summed E-state index contributed by atoms with van der Waals surface area (Å²) in [5, 5.41) is 47.0. The molecule has 0 aliphatic rings. The zero-order chi connectivity index (χ0) is 36.4. The molecule has 1 aromatic heterocycles. The maximum atomic E-state index is 12.4. The van der Waals surface area contributed by atoms with E-state index in [4.69, 9.17) is 9.81 Å². The molecule has 0 unspecified atom stereocenters. The number of fused-ring (bicyclic) bond motifs is 2. The SMILES string of the molecule is O=S(=O)(O)CCNc1nc(O)nc(Nc2cc(S(=O)(=O)O)cc3cc(SOOO)c(/N=N/c4ccc5ccccc5c4S(=O)(=O)O)c(O)c23)n1. The summed E-state index contributed by atoms with van der Waals surface area (Å²) in [6.45, 7) is -0.408. The number of azo groups is 1. The van der Waals surface area contributed by atoms with Crippen LogP contribution in [0.2, 0.25) is 0 Å². The van der Waals surface area contributed by atoms with Gasteiger partial charge in [0, 0.05) is 17.3 Å². The molecular formula is C25H21N7O14S4. The van der Waals surface area contributed by atoms with Gasteiger partial charge >= 0.3 is 6.01 Å². The largest absolute Gasteiger partial charge is 0.505 e. The normalized spacial score (nSPS) is 12.6. The van der Waals surface area contributed by atoms with Gasteiger partial charge in [0.2, 0.25) is 11.9 Å². The summed E-state index contributed by atoms with van der Waals surface area (Å²) in [6, 6.07) is 10.9. The second kappa shape index (κ2) is 14.2. The molecule has 0 saturated heterocycles. The van der Waals surface area contributed by atoms with E-state index in [1.807, 2.05) is 0 Å². The average molecular weight is 772 g/mol. The number of anilines is 3. The van der Waals surface area contributed by atoms with Gasteiger partial charge in [-0.3, -0.25) is 13.7 Å². The molecule has 0 spiro atoms. The molecule has 5 aromatic rings. The molecule has 1 heterocycles. The van der Waals surface area contributed by atoms with E-state index in [1.54, 1.807) is 12.1 Å². The summed E-state index contributed by atoms with van der Waals surface area (Å²) in [5.41, 5.74) is -1.20. The van der Waals surface area contributed by atoms with Crippen LogP contribution in [0.3, 0.4) is 0 Å². The first-order valence-electron chi connectivity index (χ1n) is 13.2. The Balaban J connectivity index is 1.69. The zero-order valence-electron chi connectivity index (χ0n) is 24.4. The van der Waals surface area contributed by atoms with Crippen molar-refractivity contribution in [3.63, 3.8) is 0 Å². The minimum absolute atomic E-state index is 0.0949. The maximum absolute atomic E-state index is 12.4. The Labute approximate surface area is 285 Å². The number of aromatic nitrogens is 3. The van der Waals surface area contributed by atoms with E-state index in [2.05, 4.69) is 45.2 Å². The Morgan fingerprint density at radius 1 is 0.820 bits per heavy atom. The van der Waals surface area contributed by atoms with Gasteiger partial charge in [-0.2, -0.15) is 40.2 Å². The first-order valence-corrected chi connectivity index (χ1v) is 18.5. The lowest BCUT2D eigenvalue weighted by Crippen LogP contribution is -2.16. The number of hydrogen-bond donors (Lipinski definition) is 8. The second-order valence-corrected chi connectivity index (χ2v) is 14.9. The van der Waals surface area contributed by atoms with Crippen molar-refractivity contribution >= 4 is 92.9 Å². The van der Waals surface area contributed by atoms with Crippen molar-refractivity contribution in [2.75, 3.05) is 22.9 Å². The van der Waals surface area contributed by atoms with E-state index in [1.165, 1.54) is 24.3 Å². The number of nitrogens with zero attached hydrogens (tertiary/aromatic N) is 5. The zero-order valence-corrected chi connectivity index (χ0v) is 27.7. The van der Waals surface area contributed by atoms with Gasteiger partial charge in [-0.1, -0.05) is 35.4 Å². The Bertz CT molecular complexity index is 2500. The van der Waals surface area contributed by atoms with Crippen LogP contribution in [0.4, 0.5) is 29.0 Å². The first kappa shape index (κ1) is 36.5. The number of aromatic hydroxyl groups is 2. The summed E-state index contributed by atoms with van der Waals surface area (Å²) < 4.78 is 105. The summed E-state index contributed by atoms with van der Waals surface area (Å²) in [6.07, 6.45) is 0. The number of benzene rings is 4. The standard InChI is InChI=1S/C25H21N7O14S4/c33-21-19-13(9-14(49(39,40)41)11-17(19)27-24-28-23(29-25(34)30-24)26-7-8-48(36,37)38)10-18(47-46-45-35)20(21)32-31-16-6-5-12-3-1-2-4-15(12)22(16)50(42,43)44/h1-6,9-11,33,35H,7-8H2,(H,36,37,38)(H,39,40,41)(H,42,43,44)(H3,26,27,28,29,30,34)/b32-31+. The van der Waals surface area contributed by atoms with Crippen LogP contribution in [-0.2, 0) is 39.7 Å². The quantitative estimate of drug-likeness (QED) is 0.0276. The molecule has 8 N–H and O–H groups in total. The number of phenolic OH excluding ortho intramolecular Hbond substituents is 1. The number of phenols is 1. The summed E-state index contributed by atoms with van der Waals surface area (Å²) in [5.74, 6) is -2.46. The van der Waals surface area contributed by atoms with Crippen LogP contribution in [0, 0.1) is 0 Å². The van der Waals surface area contributed by atoms with E-state index in [9.17, 15) is 44.6 Å². The van der Waals surface area contributed by atoms with Crippen LogP contribution < -0.4 is 10.6 Å². The molecule has 0 radical (unpaired) electrons. The van der Waals surface area contributed by atoms with Gasteiger partial charge in [0.25, 0.3) is 30.4 Å². The molecule has 0 fully saturated rings.